The zero-order valence-corrected chi connectivity index (χ0v) is 15.5. The highest BCUT2D eigenvalue weighted by molar-refractivity contribution is 4.76. The Morgan fingerprint density at radius 1 is 0.727 bits per heavy atom. The molecule has 0 saturated heterocycles. The first-order valence-electron chi connectivity index (χ1n) is 9.95. The summed E-state index contributed by atoms with van der Waals surface area (Å²) in [5.41, 5.74) is -0.730. The molecule has 0 rings (SSSR count). The lowest BCUT2D eigenvalue weighted by atomic mass is 10.0. The molecule has 1 atom stereocenters. The molecule has 2 heteroatoms. The van der Waals surface area contributed by atoms with E-state index in [0.717, 1.165) is 19.4 Å². The standard InChI is InChI=1S/C20H42NO/c1-4-7-8-9-10-11-12-13-14-15-16-17-19-21-20(22,6-3)18-5-2/h21-22H,3-19H2,1-2H3. The molecule has 0 saturated carbocycles. The van der Waals surface area contributed by atoms with Gasteiger partial charge in [-0.3, -0.25) is 5.32 Å². The summed E-state index contributed by atoms with van der Waals surface area (Å²) >= 11 is 0. The van der Waals surface area contributed by atoms with Crippen molar-refractivity contribution in [1.82, 2.24) is 5.32 Å². The first-order valence-corrected chi connectivity index (χ1v) is 9.95. The number of unbranched alkanes of at least 4 members (excludes halogenated alkanes) is 11. The van der Waals surface area contributed by atoms with E-state index in [4.69, 9.17) is 0 Å². The molecule has 2 nitrogen and oxygen atoms in total. The highest BCUT2D eigenvalue weighted by atomic mass is 16.3. The fourth-order valence-electron chi connectivity index (χ4n) is 3.00. The third-order valence-electron chi connectivity index (χ3n) is 4.56. The van der Waals surface area contributed by atoms with Crippen LogP contribution in [0.3, 0.4) is 0 Å². The molecule has 22 heavy (non-hydrogen) atoms. The topological polar surface area (TPSA) is 32.3 Å². The lowest BCUT2D eigenvalue weighted by molar-refractivity contribution is -0.00161. The summed E-state index contributed by atoms with van der Waals surface area (Å²) in [6.45, 7) is 9.14. The zero-order chi connectivity index (χ0) is 16.5. The molecule has 0 heterocycles. The van der Waals surface area contributed by atoms with Crippen LogP contribution in [0.15, 0.2) is 0 Å². The minimum atomic E-state index is -0.730. The zero-order valence-electron chi connectivity index (χ0n) is 15.5. The molecule has 2 N–H and O–H groups in total. The van der Waals surface area contributed by atoms with Gasteiger partial charge in [0.2, 0.25) is 0 Å². The number of rotatable bonds is 17. The summed E-state index contributed by atoms with van der Waals surface area (Å²) in [7, 11) is 0. The first-order chi connectivity index (χ1) is 10.7. The van der Waals surface area contributed by atoms with E-state index in [-0.39, 0.29) is 0 Å². The van der Waals surface area contributed by atoms with Crippen molar-refractivity contribution >= 4 is 0 Å². The molecule has 0 aromatic carbocycles. The molecule has 0 fully saturated rings. The molecule has 0 amide bonds. The summed E-state index contributed by atoms with van der Waals surface area (Å²) in [5, 5.41) is 13.5. The van der Waals surface area contributed by atoms with Crippen LogP contribution in [0.5, 0.6) is 0 Å². The molecular formula is C20H42NO. The normalized spacial score (nSPS) is 14.2. The van der Waals surface area contributed by atoms with E-state index < -0.39 is 5.72 Å². The second-order valence-electron chi connectivity index (χ2n) is 6.85. The molecule has 0 aromatic heterocycles. The second-order valence-corrected chi connectivity index (χ2v) is 6.85. The summed E-state index contributed by atoms with van der Waals surface area (Å²) in [4.78, 5) is 0. The summed E-state index contributed by atoms with van der Waals surface area (Å²) < 4.78 is 0. The maximum atomic E-state index is 10.2. The van der Waals surface area contributed by atoms with Gasteiger partial charge in [-0.2, -0.15) is 0 Å². The summed E-state index contributed by atoms with van der Waals surface area (Å²) in [5.74, 6) is 0. The SMILES string of the molecule is [CH2]CC(O)(CCC)NCCCCCCCCCCCCCC. The lowest BCUT2D eigenvalue weighted by Crippen LogP contribution is -2.44. The van der Waals surface area contributed by atoms with E-state index in [1.165, 1.54) is 77.0 Å². The Hall–Kier alpha value is -0.0800. The largest absolute Gasteiger partial charge is 0.376 e. The lowest BCUT2D eigenvalue weighted by Gasteiger charge is -2.27. The van der Waals surface area contributed by atoms with Gasteiger partial charge in [-0.1, -0.05) is 90.9 Å². The molecule has 0 bridgehead atoms. The second kappa shape index (κ2) is 15.8. The van der Waals surface area contributed by atoms with Crippen molar-refractivity contribution in [3.05, 3.63) is 6.92 Å². The highest BCUT2D eigenvalue weighted by Crippen LogP contribution is 2.14. The third-order valence-corrected chi connectivity index (χ3v) is 4.56. The van der Waals surface area contributed by atoms with Crippen molar-refractivity contribution < 1.29 is 5.11 Å². The van der Waals surface area contributed by atoms with Gasteiger partial charge in [-0.05, 0) is 32.7 Å². The van der Waals surface area contributed by atoms with Crippen LogP contribution < -0.4 is 5.32 Å². The molecule has 0 aromatic rings. The van der Waals surface area contributed by atoms with Gasteiger partial charge in [0.1, 0.15) is 5.72 Å². The Kier molecular flexibility index (Phi) is 15.7. The van der Waals surface area contributed by atoms with Crippen molar-refractivity contribution in [1.29, 1.82) is 0 Å². The Labute approximate surface area is 140 Å². The molecule has 1 unspecified atom stereocenters. The Bertz CT molecular complexity index is 220. The van der Waals surface area contributed by atoms with Crippen molar-refractivity contribution in [2.24, 2.45) is 0 Å². The number of hydrogen-bond donors (Lipinski definition) is 2. The predicted octanol–water partition coefficient (Wildman–Crippen LogP) is 5.99. The van der Waals surface area contributed by atoms with Gasteiger partial charge in [-0.25, -0.2) is 0 Å². The summed E-state index contributed by atoms with van der Waals surface area (Å²) in [6.07, 6.45) is 18.8. The molecule has 0 aliphatic rings. The van der Waals surface area contributed by atoms with E-state index in [1.54, 1.807) is 0 Å². The van der Waals surface area contributed by atoms with E-state index in [1.807, 2.05) is 0 Å². The van der Waals surface area contributed by atoms with Crippen LogP contribution in [0.4, 0.5) is 0 Å². The fraction of sp³-hybridized carbons (Fsp3) is 0.950. The Morgan fingerprint density at radius 3 is 1.59 bits per heavy atom. The quantitative estimate of drug-likeness (QED) is 0.255. The van der Waals surface area contributed by atoms with Crippen molar-refractivity contribution in [2.75, 3.05) is 6.54 Å². The number of nitrogens with one attached hydrogen (secondary N) is 1. The average molecular weight is 313 g/mol. The van der Waals surface area contributed by atoms with Crippen LogP contribution in [-0.2, 0) is 0 Å². The van der Waals surface area contributed by atoms with Crippen molar-refractivity contribution in [3.8, 4) is 0 Å². The van der Waals surface area contributed by atoms with Gasteiger partial charge in [0.15, 0.2) is 0 Å². The van der Waals surface area contributed by atoms with E-state index in [9.17, 15) is 5.11 Å². The van der Waals surface area contributed by atoms with E-state index in [2.05, 4.69) is 26.1 Å². The molecule has 0 aliphatic heterocycles. The minimum Gasteiger partial charge on any atom is -0.376 e. The molecule has 0 spiro atoms. The van der Waals surface area contributed by atoms with Gasteiger partial charge in [0, 0.05) is 0 Å². The van der Waals surface area contributed by atoms with Crippen molar-refractivity contribution in [3.63, 3.8) is 0 Å². The van der Waals surface area contributed by atoms with Gasteiger partial charge in [0.25, 0.3) is 0 Å². The molecular weight excluding hydrogens is 270 g/mol. The number of hydrogen-bond acceptors (Lipinski definition) is 2. The predicted molar refractivity (Wildman–Crippen MR) is 98.9 cm³/mol. The van der Waals surface area contributed by atoms with Gasteiger partial charge in [0.05, 0.1) is 0 Å². The summed E-state index contributed by atoms with van der Waals surface area (Å²) in [6, 6.07) is 0. The van der Waals surface area contributed by atoms with Crippen molar-refractivity contribution in [2.45, 2.75) is 116 Å². The number of aliphatic hydroxyl groups is 1. The molecule has 133 valence electrons. The fourth-order valence-corrected chi connectivity index (χ4v) is 3.00. The van der Waals surface area contributed by atoms with Gasteiger partial charge < -0.3 is 5.11 Å². The van der Waals surface area contributed by atoms with Crippen LogP contribution in [0, 0.1) is 6.92 Å². The van der Waals surface area contributed by atoms with E-state index in [0.29, 0.717) is 6.42 Å². The van der Waals surface area contributed by atoms with Crippen LogP contribution in [0.2, 0.25) is 0 Å². The Balaban J connectivity index is 3.23. The monoisotopic (exact) mass is 312 g/mol. The third kappa shape index (κ3) is 13.6. The van der Waals surface area contributed by atoms with Gasteiger partial charge >= 0.3 is 0 Å². The van der Waals surface area contributed by atoms with E-state index >= 15 is 0 Å². The maximum Gasteiger partial charge on any atom is 0.116 e. The Morgan fingerprint density at radius 2 is 1.18 bits per heavy atom. The highest BCUT2D eigenvalue weighted by Gasteiger charge is 2.21. The molecule has 1 radical (unpaired) electrons. The smallest absolute Gasteiger partial charge is 0.116 e. The maximum absolute atomic E-state index is 10.2. The van der Waals surface area contributed by atoms with Crippen LogP contribution >= 0.6 is 0 Å². The van der Waals surface area contributed by atoms with Crippen LogP contribution in [0.1, 0.15) is 110 Å². The first kappa shape index (κ1) is 21.9. The minimum absolute atomic E-state index is 0.555. The van der Waals surface area contributed by atoms with Crippen LogP contribution in [0.25, 0.3) is 0 Å². The average Bonchev–Trinajstić information content (AvgIpc) is 2.52. The molecule has 0 aliphatic carbocycles. The van der Waals surface area contributed by atoms with Crippen LogP contribution in [-0.4, -0.2) is 17.4 Å². The van der Waals surface area contributed by atoms with Gasteiger partial charge in [-0.15, -0.1) is 0 Å².